The van der Waals surface area contributed by atoms with Gasteiger partial charge in [-0.3, -0.25) is 19.5 Å². The summed E-state index contributed by atoms with van der Waals surface area (Å²) in [6.45, 7) is 3.16. The quantitative estimate of drug-likeness (QED) is 0.697. The number of aromatic nitrogens is 1. The van der Waals surface area contributed by atoms with Gasteiger partial charge in [-0.15, -0.1) is 0 Å². The Morgan fingerprint density at radius 2 is 1.66 bits per heavy atom. The molecule has 0 unspecified atom stereocenters. The molecule has 2 aromatic rings. The molecule has 2 aliphatic rings. The van der Waals surface area contributed by atoms with E-state index in [1.165, 1.54) is 4.90 Å². The van der Waals surface area contributed by atoms with Crippen LogP contribution < -0.4 is 0 Å². The summed E-state index contributed by atoms with van der Waals surface area (Å²) in [6.07, 6.45) is 3.29. The molecule has 6 nitrogen and oxygen atoms in total. The van der Waals surface area contributed by atoms with Crippen molar-refractivity contribution >= 4 is 40.6 Å². The second kappa shape index (κ2) is 8.14. The van der Waals surface area contributed by atoms with Gasteiger partial charge in [-0.05, 0) is 36.9 Å². The Balaban J connectivity index is 1.76. The number of halogens is 2. The first-order chi connectivity index (χ1) is 14.0. The van der Waals surface area contributed by atoms with Crippen LogP contribution in [0.5, 0.6) is 0 Å². The van der Waals surface area contributed by atoms with E-state index in [9.17, 15) is 9.59 Å². The third-order valence-electron chi connectivity index (χ3n) is 5.25. The molecular formula is C21H20Cl2N4O2. The monoisotopic (exact) mass is 430 g/mol. The van der Waals surface area contributed by atoms with Gasteiger partial charge in [-0.1, -0.05) is 29.3 Å². The van der Waals surface area contributed by atoms with E-state index in [0.29, 0.717) is 40.0 Å². The van der Waals surface area contributed by atoms with Crippen molar-refractivity contribution in [1.82, 2.24) is 19.7 Å². The molecule has 29 heavy (non-hydrogen) atoms. The van der Waals surface area contributed by atoms with Crippen molar-refractivity contribution < 1.29 is 9.59 Å². The number of carbonyl (C=O) groups is 2. The lowest BCUT2D eigenvalue weighted by Crippen LogP contribution is -2.46. The Kier molecular flexibility index (Phi) is 5.58. The van der Waals surface area contributed by atoms with Crippen molar-refractivity contribution in [3.63, 3.8) is 0 Å². The Bertz CT molecular complexity index is 985. The highest BCUT2D eigenvalue weighted by Crippen LogP contribution is 2.37. The van der Waals surface area contributed by atoms with Crippen molar-refractivity contribution in [3.8, 4) is 0 Å². The molecular weight excluding hydrogens is 411 g/mol. The number of amides is 2. The molecule has 0 aliphatic carbocycles. The first kappa shape index (κ1) is 19.9. The Hall–Kier alpha value is -2.41. The minimum Gasteiger partial charge on any atom is -0.364 e. The Labute approximate surface area is 179 Å². The lowest BCUT2D eigenvalue weighted by molar-refractivity contribution is -0.138. The molecule has 1 saturated heterocycles. The number of carbonyl (C=O) groups excluding carboxylic acids is 2. The second-order valence-electron chi connectivity index (χ2n) is 7.19. The molecule has 0 N–H and O–H groups in total. The van der Waals surface area contributed by atoms with Gasteiger partial charge in [0.05, 0.1) is 17.1 Å². The van der Waals surface area contributed by atoms with Gasteiger partial charge >= 0.3 is 0 Å². The average molecular weight is 431 g/mol. The number of hydrogen-bond donors (Lipinski definition) is 0. The van der Waals surface area contributed by atoms with Gasteiger partial charge in [-0.25, -0.2) is 0 Å². The summed E-state index contributed by atoms with van der Waals surface area (Å²) < 4.78 is 0. The topological polar surface area (TPSA) is 56.8 Å². The average Bonchev–Trinajstić information content (AvgIpc) is 2.94. The van der Waals surface area contributed by atoms with E-state index in [2.05, 4.69) is 9.88 Å². The highest BCUT2D eigenvalue weighted by atomic mass is 35.5. The molecule has 3 heterocycles. The number of imide groups is 1. The maximum atomic E-state index is 13.4. The van der Waals surface area contributed by atoms with Crippen LogP contribution in [0.4, 0.5) is 0 Å². The number of pyridine rings is 1. The summed E-state index contributed by atoms with van der Waals surface area (Å²) >= 11 is 12.5. The molecule has 4 rings (SSSR count). The van der Waals surface area contributed by atoms with Crippen molar-refractivity contribution in [1.29, 1.82) is 0 Å². The Morgan fingerprint density at radius 1 is 0.966 bits per heavy atom. The predicted octanol–water partition coefficient (Wildman–Crippen LogP) is 2.92. The number of nitrogens with zero attached hydrogens (tertiary/aromatic N) is 4. The summed E-state index contributed by atoms with van der Waals surface area (Å²) in [5, 5.41) is 0.831. The van der Waals surface area contributed by atoms with E-state index >= 15 is 0 Å². The SMILES string of the molecule is CN1CCN(C2=C(c3ccc(Cl)cc3Cl)C(=O)N(Cc3ccncc3)C2=O)CC1. The molecule has 0 bridgehead atoms. The first-order valence-electron chi connectivity index (χ1n) is 9.34. The van der Waals surface area contributed by atoms with Gasteiger partial charge < -0.3 is 9.80 Å². The molecule has 0 spiro atoms. The largest absolute Gasteiger partial charge is 0.364 e. The second-order valence-corrected chi connectivity index (χ2v) is 8.03. The van der Waals surface area contributed by atoms with Crippen LogP contribution in [-0.4, -0.2) is 64.7 Å². The van der Waals surface area contributed by atoms with Crippen LogP contribution in [0.25, 0.3) is 5.57 Å². The minimum atomic E-state index is -0.343. The Morgan fingerprint density at radius 3 is 2.31 bits per heavy atom. The maximum absolute atomic E-state index is 13.4. The third-order valence-corrected chi connectivity index (χ3v) is 5.80. The number of rotatable bonds is 4. The number of benzene rings is 1. The van der Waals surface area contributed by atoms with Crippen molar-refractivity contribution in [2.24, 2.45) is 0 Å². The van der Waals surface area contributed by atoms with E-state index in [0.717, 1.165) is 18.7 Å². The van der Waals surface area contributed by atoms with Crippen LogP contribution in [0.3, 0.4) is 0 Å². The maximum Gasteiger partial charge on any atom is 0.278 e. The van der Waals surface area contributed by atoms with Crippen molar-refractivity contribution in [2.75, 3.05) is 33.2 Å². The fourth-order valence-corrected chi connectivity index (χ4v) is 4.14. The zero-order valence-corrected chi connectivity index (χ0v) is 17.5. The molecule has 1 aromatic carbocycles. The van der Waals surface area contributed by atoms with Crippen LogP contribution >= 0.6 is 23.2 Å². The van der Waals surface area contributed by atoms with Crippen molar-refractivity contribution in [3.05, 3.63) is 69.6 Å². The molecule has 1 fully saturated rings. The van der Waals surface area contributed by atoms with E-state index in [1.54, 1.807) is 42.7 Å². The van der Waals surface area contributed by atoms with Crippen LogP contribution in [0, 0.1) is 0 Å². The highest BCUT2D eigenvalue weighted by Gasteiger charge is 2.42. The zero-order chi connectivity index (χ0) is 20.5. The summed E-state index contributed by atoms with van der Waals surface area (Å²) in [5.74, 6) is -0.637. The van der Waals surface area contributed by atoms with Gasteiger partial charge in [-0.2, -0.15) is 0 Å². The lowest BCUT2D eigenvalue weighted by Gasteiger charge is -2.34. The van der Waals surface area contributed by atoms with Crippen LogP contribution in [0.2, 0.25) is 10.0 Å². The van der Waals surface area contributed by atoms with Gasteiger partial charge in [0.1, 0.15) is 5.70 Å². The van der Waals surface area contributed by atoms with E-state index in [4.69, 9.17) is 23.2 Å². The number of likely N-dealkylation sites (N-methyl/N-ethyl adjacent to an activating group) is 1. The summed E-state index contributed by atoms with van der Waals surface area (Å²) in [6, 6.07) is 8.57. The van der Waals surface area contributed by atoms with Gasteiger partial charge in [0, 0.05) is 49.2 Å². The molecule has 1 aromatic heterocycles. The fraction of sp³-hybridized carbons (Fsp3) is 0.286. The molecule has 0 saturated carbocycles. The zero-order valence-electron chi connectivity index (χ0n) is 15.9. The van der Waals surface area contributed by atoms with Gasteiger partial charge in [0.25, 0.3) is 11.8 Å². The van der Waals surface area contributed by atoms with Crippen LogP contribution in [0.1, 0.15) is 11.1 Å². The first-order valence-corrected chi connectivity index (χ1v) is 10.1. The normalized spacial score (nSPS) is 18.2. The molecule has 150 valence electrons. The summed E-state index contributed by atoms with van der Waals surface area (Å²) in [7, 11) is 2.04. The van der Waals surface area contributed by atoms with Crippen molar-refractivity contribution in [2.45, 2.75) is 6.54 Å². The predicted molar refractivity (Wildman–Crippen MR) is 112 cm³/mol. The van der Waals surface area contributed by atoms with Crippen LogP contribution in [-0.2, 0) is 16.1 Å². The van der Waals surface area contributed by atoms with Crippen LogP contribution in [0.15, 0.2) is 48.4 Å². The minimum absolute atomic E-state index is 0.187. The number of piperazine rings is 1. The highest BCUT2D eigenvalue weighted by molar-refractivity contribution is 6.41. The van der Waals surface area contributed by atoms with Gasteiger partial charge in [0.15, 0.2) is 0 Å². The number of hydrogen-bond acceptors (Lipinski definition) is 5. The van der Waals surface area contributed by atoms with Gasteiger partial charge in [0.2, 0.25) is 0 Å². The van der Waals surface area contributed by atoms with E-state index < -0.39 is 0 Å². The summed E-state index contributed by atoms with van der Waals surface area (Å²) in [4.78, 5) is 36.2. The fourth-order valence-electron chi connectivity index (χ4n) is 3.64. The molecule has 0 radical (unpaired) electrons. The third kappa shape index (κ3) is 3.88. The van der Waals surface area contributed by atoms with E-state index in [-0.39, 0.29) is 18.4 Å². The van der Waals surface area contributed by atoms with E-state index in [1.807, 2.05) is 11.9 Å². The molecule has 0 atom stereocenters. The molecule has 2 amide bonds. The summed E-state index contributed by atoms with van der Waals surface area (Å²) in [5.41, 5.74) is 2.13. The molecule has 2 aliphatic heterocycles. The smallest absolute Gasteiger partial charge is 0.278 e. The molecule has 8 heteroatoms. The lowest BCUT2D eigenvalue weighted by atomic mass is 10.0. The standard InChI is InChI=1S/C21H20Cl2N4O2/c1-25-8-10-26(11-9-25)19-18(16-3-2-15(22)12-17(16)23)20(28)27(21(19)29)13-14-4-6-24-7-5-14/h2-7,12H,8-11,13H2,1H3.